The van der Waals surface area contributed by atoms with Crippen LogP contribution in [-0.4, -0.2) is 43.8 Å². The summed E-state index contributed by atoms with van der Waals surface area (Å²) in [5.74, 6) is -0.795. The molecule has 1 aliphatic rings. The number of hydrogen-bond donors (Lipinski definition) is 1. The van der Waals surface area contributed by atoms with Crippen LogP contribution in [-0.2, 0) is 10.0 Å². The molecule has 1 aliphatic heterocycles. The molecule has 0 unspecified atom stereocenters. The van der Waals surface area contributed by atoms with Gasteiger partial charge in [0.15, 0.2) is 0 Å². The third kappa shape index (κ3) is 2.67. The van der Waals surface area contributed by atoms with Crippen LogP contribution in [0.15, 0.2) is 23.1 Å². The maximum absolute atomic E-state index is 12.3. The number of hydrogen-bond acceptors (Lipinski definition) is 5. The second kappa shape index (κ2) is 5.11. The molecule has 9 heteroatoms. The van der Waals surface area contributed by atoms with Crippen molar-refractivity contribution in [1.82, 2.24) is 4.31 Å². The zero-order valence-electron chi connectivity index (χ0n) is 9.98. The summed E-state index contributed by atoms with van der Waals surface area (Å²) >= 11 is 0. The van der Waals surface area contributed by atoms with Crippen molar-refractivity contribution in [3.05, 3.63) is 28.3 Å². The van der Waals surface area contributed by atoms with Gasteiger partial charge in [-0.05, 0) is 11.8 Å². The van der Waals surface area contributed by atoms with Gasteiger partial charge < -0.3 is 10.4 Å². The highest BCUT2D eigenvalue weighted by Crippen LogP contribution is 2.27. The number of piperazine rings is 1. The Morgan fingerprint density at radius 3 is 2.47 bits per heavy atom. The minimum Gasteiger partial charge on any atom is -0.868 e. The first-order chi connectivity index (χ1) is 8.93. The lowest BCUT2D eigenvalue weighted by molar-refractivity contribution is -0.661. The Labute approximate surface area is 109 Å². The SMILES string of the molecule is O=[N+]([O-])c1cc(S(=O)(=O)N2CC[NH2+]CC2)ccc1[O-]. The van der Waals surface area contributed by atoms with Crippen LogP contribution in [0.4, 0.5) is 5.69 Å². The van der Waals surface area contributed by atoms with E-state index in [9.17, 15) is 23.6 Å². The van der Waals surface area contributed by atoms with Crippen molar-refractivity contribution >= 4 is 15.7 Å². The predicted octanol–water partition coefficient (Wildman–Crippen LogP) is -1.76. The molecule has 0 aromatic heterocycles. The molecule has 0 atom stereocenters. The minimum absolute atomic E-state index is 0.208. The third-order valence-electron chi connectivity index (χ3n) is 2.93. The molecule has 0 bridgehead atoms. The number of quaternary nitrogens is 1. The molecule has 1 heterocycles. The zero-order chi connectivity index (χ0) is 14.0. The molecule has 8 nitrogen and oxygen atoms in total. The van der Waals surface area contributed by atoms with Crippen molar-refractivity contribution in [1.29, 1.82) is 0 Å². The quantitative estimate of drug-likeness (QED) is 0.521. The average molecular weight is 287 g/mol. The number of nitro benzene ring substituents is 1. The molecule has 0 radical (unpaired) electrons. The predicted molar refractivity (Wildman–Crippen MR) is 63.0 cm³/mol. The van der Waals surface area contributed by atoms with Crippen molar-refractivity contribution in [2.45, 2.75) is 4.90 Å². The lowest BCUT2D eigenvalue weighted by Crippen LogP contribution is -2.89. The summed E-state index contributed by atoms with van der Waals surface area (Å²) in [7, 11) is -3.76. The summed E-state index contributed by atoms with van der Waals surface area (Å²) in [6, 6.07) is 2.86. The summed E-state index contributed by atoms with van der Waals surface area (Å²) in [6.07, 6.45) is 0. The number of nitrogens with two attached hydrogens (primary N) is 1. The molecule has 2 N–H and O–H groups in total. The van der Waals surface area contributed by atoms with Crippen LogP contribution >= 0.6 is 0 Å². The van der Waals surface area contributed by atoms with Crippen LogP contribution in [0.25, 0.3) is 0 Å². The standard InChI is InChI=1S/C10H13N3O5S/c14-10-2-1-8(7-9(10)13(15)16)19(17,18)12-5-3-11-4-6-12/h1-2,7,11,14H,3-6H2. The molecule has 1 aromatic carbocycles. The molecule has 0 amide bonds. The van der Waals surface area contributed by atoms with Gasteiger partial charge in [0.05, 0.1) is 36.0 Å². The van der Waals surface area contributed by atoms with E-state index in [-0.39, 0.29) is 4.90 Å². The Bertz CT molecular complexity index is 595. The highest BCUT2D eigenvalue weighted by atomic mass is 32.2. The Morgan fingerprint density at radius 2 is 1.89 bits per heavy atom. The molecule has 104 valence electrons. The van der Waals surface area contributed by atoms with Gasteiger partial charge in [0.25, 0.3) is 5.69 Å². The van der Waals surface area contributed by atoms with Gasteiger partial charge in [-0.1, -0.05) is 6.07 Å². The lowest BCUT2D eigenvalue weighted by Gasteiger charge is -2.24. The van der Waals surface area contributed by atoms with Crippen molar-refractivity contribution in [2.75, 3.05) is 26.2 Å². The van der Waals surface area contributed by atoms with Crippen LogP contribution in [0.2, 0.25) is 0 Å². The van der Waals surface area contributed by atoms with E-state index in [1.54, 1.807) is 0 Å². The van der Waals surface area contributed by atoms with Crippen LogP contribution in [0.1, 0.15) is 0 Å². The summed E-state index contributed by atoms with van der Waals surface area (Å²) in [4.78, 5) is 9.59. The lowest BCUT2D eigenvalue weighted by atomic mass is 10.3. The van der Waals surface area contributed by atoms with Crippen molar-refractivity contribution in [3.8, 4) is 5.75 Å². The van der Waals surface area contributed by atoms with E-state index in [1.807, 2.05) is 5.32 Å². The van der Waals surface area contributed by atoms with Crippen LogP contribution in [0.3, 0.4) is 0 Å². The molecular formula is C10H13N3O5S. The average Bonchev–Trinajstić information content (AvgIpc) is 2.39. The molecule has 0 saturated carbocycles. The third-order valence-corrected chi connectivity index (χ3v) is 4.82. The smallest absolute Gasteiger partial charge is 0.263 e. The van der Waals surface area contributed by atoms with E-state index in [0.717, 1.165) is 18.2 Å². The number of nitrogens with zero attached hydrogens (tertiary/aromatic N) is 2. The molecule has 1 aromatic rings. The fourth-order valence-corrected chi connectivity index (χ4v) is 3.41. The monoisotopic (exact) mass is 287 g/mol. The second-order valence-electron chi connectivity index (χ2n) is 4.16. The number of benzene rings is 1. The topological polar surface area (TPSA) is 120 Å². The maximum Gasteiger partial charge on any atom is 0.263 e. The van der Waals surface area contributed by atoms with Gasteiger partial charge in [0, 0.05) is 6.07 Å². The van der Waals surface area contributed by atoms with Gasteiger partial charge >= 0.3 is 0 Å². The van der Waals surface area contributed by atoms with E-state index in [2.05, 4.69) is 0 Å². The molecular weight excluding hydrogens is 274 g/mol. The molecule has 1 fully saturated rings. The van der Waals surface area contributed by atoms with Gasteiger partial charge in [-0.2, -0.15) is 4.31 Å². The molecule has 2 rings (SSSR count). The minimum atomic E-state index is -3.76. The van der Waals surface area contributed by atoms with Gasteiger partial charge in [0.2, 0.25) is 10.0 Å². The van der Waals surface area contributed by atoms with Crippen molar-refractivity contribution in [3.63, 3.8) is 0 Å². The first kappa shape index (κ1) is 13.7. The van der Waals surface area contributed by atoms with Crippen LogP contribution in [0.5, 0.6) is 5.75 Å². The Kier molecular flexibility index (Phi) is 3.69. The summed E-state index contributed by atoms with van der Waals surface area (Å²) in [6.45, 7) is 2.02. The number of sulfonamides is 1. The largest absolute Gasteiger partial charge is 0.868 e. The van der Waals surface area contributed by atoms with Crippen molar-refractivity contribution < 1.29 is 23.8 Å². The zero-order valence-corrected chi connectivity index (χ0v) is 10.8. The van der Waals surface area contributed by atoms with Gasteiger partial charge in [-0.25, -0.2) is 8.42 Å². The van der Waals surface area contributed by atoms with E-state index < -0.39 is 26.4 Å². The molecule has 1 saturated heterocycles. The molecule has 0 spiro atoms. The van der Waals surface area contributed by atoms with E-state index in [4.69, 9.17) is 0 Å². The highest BCUT2D eigenvalue weighted by molar-refractivity contribution is 7.89. The van der Waals surface area contributed by atoms with Gasteiger partial charge in [0.1, 0.15) is 0 Å². The Hall–Kier alpha value is -1.71. The first-order valence-electron chi connectivity index (χ1n) is 5.70. The second-order valence-corrected chi connectivity index (χ2v) is 6.09. The Morgan fingerprint density at radius 1 is 1.26 bits per heavy atom. The van der Waals surface area contributed by atoms with Gasteiger partial charge in [-0.15, -0.1) is 0 Å². The van der Waals surface area contributed by atoms with E-state index in [0.29, 0.717) is 26.2 Å². The van der Waals surface area contributed by atoms with Crippen molar-refractivity contribution in [2.24, 2.45) is 0 Å². The van der Waals surface area contributed by atoms with E-state index in [1.165, 1.54) is 4.31 Å². The molecule has 0 aliphatic carbocycles. The fraction of sp³-hybridized carbons (Fsp3) is 0.400. The van der Waals surface area contributed by atoms with Crippen LogP contribution < -0.4 is 10.4 Å². The van der Waals surface area contributed by atoms with Crippen LogP contribution in [0, 0.1) is 10.1 Å². The fourth-order valence-electron chi connectivity index (χ4n) is 1.92. The first-order valence-corrected chi connectivity index (χ1v) is 7.14. The number of nitro groups is 1. The maximum atomic E-state index is 12.3. The summed E-state index contributed by atoms with van der Waals surface area (Å²) in [5, 5.41) is 23.9. The number of rotatable bonds is 3. The summed E-state index contributed by atoms with van der Waals surface area (Å²) < 4.78 is 25.8. The normalized spacial score (nSPS) is 17.3. The molecule has 19 heavy (non-hydrogen) atoms. The van der Waals surface area contributed by atoms with Gasteiger partial charge in [-0.3, -0.25) is 10.1 Å². The summed E-state index contributed by atoms with van der Waals surface area (Å²) in [5.41, 5.74) is -0.718. The Balaban J connectivity index is 2.40. The van der Waals surface area contributed by atoms with E-state index >= 15 is 0 Å². The highest BCUT2D eigenvalue weighted by Gasteiger charge is 2.28.